The summed E-state index contributed by atoms with van der Waals surface area (Å²) in [6.45, 7) is 0. The quantitative estimate of drug-likeness (QED) is 0.489. The Hall–Kier alpha value is -2.62. The standard InChI is InChI=1S/C14H12N2O2/c15-14(17)12-9-5-4-8-11(12)13(16-18)10-6-2-1-3-7-10/h1-9,18H,(H2,15,17). The molecule has 0 aliphatic rings. The summed E-state index contributed by atoms with van der Waals surface area (Å²) in [7, 11) is 0. The molecule has 3 N–H and O–H groups in total. The average Bonchev–Trinajstić information content (AvgIpc) is 2.41. The van der Waals surface area contributed by atoms with Gasteiger partial charge in [0, 0.05) is 16.7 Å². The molecule has 1 amide bonds. The van der Waals surface area contributed by atoms with E-state index in [9.17, 15) is 10.0 Å². The molecule has 2 rings (SSSR count). The molecule has 0 radical (unpaired) electrons. The predicted octanol–water partition coefficient (Wildman–Crippen LogP) is 2.01. The first-order valence-corrected chi connectivity index (χ1v) is 5.40. The van der Waals surface area contributed by atoms with Crippen molar-refractivity contribution in [3.8, 4) is 0 Å². The second-order valence-electron chi connectivity index (χ2n) is 3.72. The predicted molar refractivity (Wildman–Crippen MR) is 68.8 cm³/mol. The van der Waals surface area contributed by atoms with E-state index in [1.807, 2.05) is 18.2 Å². The van der Waals surface area contributed by atoms with Gasteiger partial charge in [-0.15, -0.1) is 0 Å². The number of nitrogens with two attached hydrogens (primary N) is 1. The third-order valence-electron chi connectivity index (χ3n) is 2.59. The molecule has 0 unspecified atom stereocenters. The third-order valence-corrected chi connectivity index (χ3v) is 2.59. The van der Waals surface area contributed by atoms with Crippen molar-refractivity contribution < 1.29 is 10.0 Å². The number of hydrogen-bond acceptors (Lipinski definition) is 3. The largest absolute Gasteiger partial charge is 0.410 e. The van der Waals surface area contributed by atoms with Crippen LogP contribution >= 0.6 is 0 Å². The molecule has 0 aliphatic carbocycles. The second kappa shape index (κ2) is 5.14. The molecule has 2 aromatic rings. The number of primary amides is 1. The van der Waals surface area contributed by atoms with Gasteiger partial charge in [0.2, 0.25) is 5.91 Å². The van der Waals surface area contributed by atoms with Gasteiger partial charge in [-0.2, -0.15) is 0 Å². The van der Waals surface area contributed by atoms with Gasteiger partial charge in [0.25, 0.3) is 0 Å². The van der Waals surface area contributed by atoms with Crippen LogP contribution in [0.1, 0.15) is 21.5 Å². The third kappa shape index (κ3) is 2.22. The van der Waals surface area contributed by atoms with E-state index in [2.05, 4.69) is 5.16 Å². The fourth-order valence-corrected chi connectivity index (χ4v) is 1.77. The summed E-state index contributed by atoms with van der Waals surface area (Å²) in [5.74, 6) is -0.553. The summed E-state index contributed by atoms with van der Waals surface area (Å²) < 4.78 is 0. The van der Waals surface area contributed by atoms with Crippen molar-refractivity contribution in [3.63, 3.8) is 0 Å². The number of amides is 1. The minimum absolute atomic E-state index is 0.324. The molecular weight excluding hydrogens is 228 g/mol. The lowest BCUT2D eigenvalue weighted by atomic mass is 9.97. The molecule has 0 atom stereocenters. The minimum Gasteiger partial charge on any atom is -0.410 e. The normalized spacial score (nSPS) is 11.2. The van der Waals surface area contributed by atoms with E-state index < -0.39 is 5.91 Å². The molecular formula is C14H12N2O2. The zero-order chi connectivity index (χ0) is 13.0. The number of carbonyl (C=O) groups excluding carboxylic acids is 1. The SMILES string of the molecule is NC(=O)c1ccccc1C(=NO)c1ccccc1. The molecule has 0 bridgehead atoms. The minimum atomic E-state index is -0.553. The Morgan fingerprint density at radius 3 is 2.06 bits per heavy atom. The fourth-order valence-electron chi connectivity index (χ4n) is 1.77. The highest BCUT2D eigenvalue weighted by atomic mass is 16.4. The van der Waals surface area contributed by atoms with Crippen molar-refractivity contribution in [1.82, 2.24) is 0 Å². The van der Waals surface area contributed by atoms with Crippen molar-refractivity contribution in [3.05, 3.63) is 71.3 Å². The Morgan fingerprint density at radius 2 is 1.50 bits per heavy atom. The topological polar surface area (TPSA) is 75.7 Å². The van der Waals surface area contributed by atoms with Crippen LogP contribution in [-0.4, -0.2) is 16.8 Å². The monoisotopic (exact) mass is 240 g/mol. The molecule has 18 heavy (non-hydrogen) atoms. The maximum atomic E-state index is 11.4. The van der Waals surface area contributed by atoms with E-state index in [0.29, 0.717) is 22.4 Å². The van der Waals surface area contributed by atoms with E-state index in [4.69, 9.17) is 5.73 Å². The van der Waals surface area contributed by atoms with Crippen molar-refractivity contribution in [2.24, 2.45) is 10.9 Å². The molecule has 4 heteroatoms. The first kappa shape index (κ1) is 11.9. The van der Waals surface area contributed by atoms with Crippen LogP contribution in [0, 0.1) is 0 Å². The highest BCUT2D eigenvalue weighted by molar-refractivity contribution is 6.17. The van der Waals surface area contributed by atoms with Gasteiger partial charge in [-0.3, -0.25) is 4.79 Å². The van der Waals surface area contributed by atoms with Crippen LogP contribution in [-0.2, 0) is 0 Å². The van der Waals surface area contributed by atoms with Crippen LogP contribution < -0.4 is 5.73 Å². The molecule has 0 saturated heterocycles. The fraction of sp³-hybridized carbons (Fsp3) is 0. The van der Waals surface area contributed by atoms with Gasteiger partial charge < -0.3 is 10.9 Å². The lowest BCUT2D eigenvalue weighted by molar-refractivity contribution is 0.1000. The number of rotatable bonds is 3. The van der Waals surface area contributed by atoms with Crippen molar-refractivity contribution in [1.29, 1.82) is 0 Å². The Morgan fingerprint density at radius 1 is 0.944 bits per heavy atom. The van der Waals surface area contributed by atoms with E-state index >= 15 is 0 Å². The first-order valence-electron chi connectivity index (χ1n) is 5.40. The zero-order valence-corrected chi connectivity index (χ0v) is 9.58. The van der Waals surface area contributed by atoms with Crippen LogP contribution in [0.2, 0.25) is 0 Å². The molecule has 0 heterocycles. The number of nitrogens with zero attached hydrogens (tertiary/aromatic N) is 1. The Bertz CT molecular complexity index is 592. The molecule has 4 nitrogen and oxygen atoms in total. The van der Waals surface area contributed by atoms with Gasteiger partial charge in [-0.25, -0.2) is 0 Å². The second-order valence-corrected chi connectivity index (χ2v) is 3.72. The van der Waals surface area contributed by atoms with E-state index in [1.165, 1.54) is 0 Å². The van der Waals surface area contributed by atoms with Crippen LogP contribution in [0.25, 0.3) is 0 Å². The summed E-state index contributed by atoms with van der Waals surface area (Å²) in [4.78, 5) is 11.4. The van der Waals surface area contributed by atoms with Crippen molar-refractivity contribution in [2.75, 3.05) is 0 Å². The molecule has 0 aromatic heterocycles. The molecule has 0 spiro atoms. The first-order chi connectivity index (χ1) is 8.74. The van der Waals surface area contributed by atoms with Gasteiger partial charge in [0.05, 0.1) is 0 Å². The zero-order valence-electron chi connectivity index (χ0n) is 9.58. The van der Waals surface area contributed by atoms with E-state index in [0.717, 1.165) is 0 Å². The molecule has 2 aromatic carbocycles. The molecule has 0 saturated carbocycles. The van der Waals surface area contributed by atoms with Crippen molar-refractivity contribution in [2.45, 2.75) is 0 Å². The Labute approximate surface area is 104 Å². The van der Waals surface area contributed by atoms with Crippen LogP contribution in [0.3, 0.4) is 0 Å². The molecule has 0 fully saturated rings. The lowest BCUT2D eigenvalue weighted by Crippen LogP contribution is -2.17. The Kier molecular flexibility index (Phi) is 3.38. The average molecular weight is 240 g/mol. The van der Waals surface area contributed by atoms with Gasteiger partial charge in [-0.05, 0) is 6.07 Å². The van der Waals surface area contributed by atoms with Gasteiger partial charge in [0.15, 0.2) is 0 Å². The number of carbonyl (C=O) groups is 1. The number of oxime groups is 1. The van der Waals surface area contributed by atoms with Gasteiger partial charge in [-0.1, -0.05) is 53.7 Å². The highest BCUT2D eigenvalue weighted by Crippen LogP contribution is 2.15. The molecule has 90 valence electrons. The summed E-state index contributed by atoms with van der Waals surface area (Å²) in [5, 5.41) is 12.5. The smallest absolute Gasteiger partial charge is 0.249 e. The number of benzene rings is 2. The van der Waals surface area contributed by atoms with Crippen LogP contribution in [0.4, 0.5) is 0 Å². The summed E-state index contributed by atoms with van der Waals surface area (Å²) in [6, 6.07) is 15.9. The Balaban J connectivity index is 2.57. The lowest BCUT2D eigenvalue weighted by Gasteiger charge is -2.08. The van der Waals surface area contributed by atoms with E-state index in [1.54, 1.807) is 36.4 Å². The summed E-state index contributed by atoms with van der Waals surface area (Å²) in [5.41, 5.74) is 7.19. The summed E-state index contributed by atoms with van der Waals surface area (Å²) in [6.07, 6.45) is 0. The maximum absolute atomic E-state index is 11.4. The molecule has 0 aliphatic heterocycles. The van der Waals surface area contributed by atoms with Crippen LogP contribution in [0.5, 0.6) is 0 Å². The summed E-state index contributed by atoms with van der Waals surface area (Å²) >= 11 is 0. The maximum Gasteiger partial charge on any atom is 0.249 e. The highest BCUT2D eigenvalue weighted by Gasteiger charge is 2.14. The van der Waals surface area contributed by atoms with Gasteiger partial charge in [0.1, 0.15) is 5.71 Å². The number of hydrogen-bond donors (Lipinski definition) is 2. The van der Waals surface area contributed by atoms with Gasteiger partial charge >= 0.3 is 0 Å². The van der Waals surface area contributed by atoms with E-state index in [-0.39, 0.29) is 0 Å². The van der Waals surface area contributed by atoms with Crippen LogP contribution in [0.15, 0.2) is 59.8 Å². The van der Waals surface area contributed by atoms with Crippen molar-refractivity contribution >= 4 is 11.6 Å².